The van der Waals surface area contributed by atoms with E-state index in [1.807, 2.05) is 18.4 Å². The van der Waals surface area contributed by atoms with E-state index < -0.39 is 17.7 Å². The first-order valence-electron chi connectivity index (χ1n) is 11.1. The number of nitrogens with one attached hydrogen (secondary N) is 1. The Balaban J connectivity index is 1.56. The number of pyridine rings is 1. The van der Waals surface area contributed by atoms with Crippen LogP contribution in [0.1, 0.15) is 52.2 Å². The van der Waals surface area contributed by atoms with E-state index in [0.29, 0.717) is 27.2 Å². The van der Waals surface area contributed by atoms with Crippen molar-refractivity contribution in [2.75, 3.05) is 12.4 Å². The molecule has 0 atom stereocenters. The summed E-state index contributed by atoms with van der Waals surface area (Å²) in [5.41, 5.74) is 1.14. The second-order valence-electron chi connectivity index (χ2n) is 8.16. The lowest BCUT2D eigenvalue weighted by Gasteiger charge is -2.09. The first-order chi connectivity index (χ1) is 17.7. The van der Waals surface area contributed by atoms with Gasteiger partial charge in [-0.2, -0.15) is 4.39 Å². The van der Waals surface area contributed by atoms with Crippen molar-refractivity contribution < 1.29 is 23.4 Å². The number of aliphatic hydroxyl groups excluding tert-OH is 1. The van der Waals surface area contributed by atoms with E-state index >= 15 is 0 Å². The lowest BCUT2D eigenvalue weighted by Crippen LogP contribution is -2.17. The quantitative estimate of drug-likeness (QED) is 0.284. The largest absolute Gasteiger partial charge is 0.495 e. The van der Waals surface area contributed by atoms with E-state index in [0.717, 1.165) is 17.5 Å². The van der Waals surface area contributed by atoms with Crippen LogP contribution in [0.4, 0.5) is 13.9 Å². The number of thiazole rings is 1. The Bertz CT molecular complexity index is 1460. The number of carbonyl (C=O) groups excluding carboxylic acids is 1. The molecule has 0 aromatic carbocycles. The fourth-order valence-corrected chi connectivity index (χ4v) is 4.64. The van der Waals surface area contributed by atoms with Crippen LogP contribution in [0.25, 0.3) is 12.2 Å². The highest BCUT2D eigenvalue weighted by Gasteiger charge is 2.19. The minimum absolute atomic E-state index is 0.0163. The normalized spacial score (nSPS) is 11.6. The molecular formula is C24H23ClF2N6O3S. The van der Waals surface area contributed by atoms with Gasteiger partial charge in [-0.25, -0.2) is 19.3 Å². The summed E-state index contributed by atoms with van der Waals surface area (Å²) in [5, 5.41) is 13.2. The molecule has 4 heterocycles. The van der Waals surface area contributed by atoms with Crippen LogP contribution in [0, 0.1) is 11.8 Å². The van der Waals surface area contributed by atoms with Crippen LogP contribution in [0.3, 0.4) is 0 Å². The molecule has 0 bridgehead atoms. The fourth-order valence-electron chi connectivity index (χ4n) is 3.49. The molecule has 0 aliphatic heterocycles. The molecule has 194 valence electrons. The minimum Gasteiger partial charge on any atom is -0.495 e. The van der Waals surface area contributed by atoms with Crippen molar-refractivity contribution in [2.45, 2.75) is 33.0 Å². The zero-order chi connectivity index (χ0) is 26.7. The van der Waals surface area contributed by atoms with Crippen molar-refractivity contribution in [3.05, 3.63) is 75.3 Å². The number of rotatable bonds is 9. The molecule has 1 amide bonds. The molecule has 0 radical (unpaired) electrons. The predicted octanol–water partition coefficient (Wildman–Crippen LogP) is 5.02. The van der Waals surface area contributed by atoms with Crippen LogP contribution in [0.2, 0.25) is 5.15 Å². The molecule has 0 aliphatic rings. The summed E-state index contributed by atoms with van der Waals surface area (Å²) >= 11 is 7.47. The molecule has 2 N–H and O–H groups in total. The number of methoxy groups -OCH3 is 1. The van der Waals surface area contributed by atoms with Gasteiger partial charge in [0.05, 0.1) is 37.2 Å². The molecule has 4 aromatic rings. The minimum atomic E-state index is -1.22. The van der Waals surface area contributed by atoms with E-state index in [1.54, 1.807) is 18.5 Å². The maximum Gasteiger partial charge on any atom is 0.274 e. The van der Waals surface area contributed by atoms with E-state index in [4.69, 9.17) is 16.3 Å². The Labute approximate surface area is 220 Å². The van der Waals surface area contributed by atoms with Crippen LogP contribution in [-0.2, 0) is 13.2 Å². The Kier molecular flexibility index (Phi) is 8.00. The Morgan fingerprint density at radius 3 is 2.73 bits per heavy atom. The zero-order valence-corrected chi connectivity index (χ0v) is 21.6. The number of ether oxygens (including phenoxy) is 1. The third-order valence-corrected chi connectivity index (χ3v) is 6.77. The van der Waals surface area contributed by atoms with Crippen LogP contribution < -0.4 is 10.1 Å². The van der Waals surface area contributed by atoms with Crippen LogP contribution in [0.5, 0.6) is 5.75 Å². The van der Waals surface area contributed by atoms with Gasteiger partial charge in [0, 0.05) is 30.1 Å². The Morgan fingerprint density at radius 1 is 1.30 bits per heavy atom. The summed E-state index contributed by atoms with van der Waals surface area (Å²) in [5.74, 6) is -2.51. The number of imidazole rings is 1. The number of halogens is 3. The highest BCUT2D eigenvalue weighted by molar-refractivity contribution is 7.16. The number of carbonyl (C=O) groups is 1. The maximum atomic E-state index is 14.2. The van der Waals surface area contributed by atoms with Gasteiger partial charge in [0.25, 0.3) is 5.91 Å². The summed E-state index contributed by atoms with van der Waals surface area (Å²) in [6.45, 7) is 3.55. The molecule has 37 heavy (non-hydrogen) atoms. The third kappa shape index (κ3) is 5.71. The standard InChI is InChI=1S/C24H23ClF2N6O3S/c1-13(2)33-12-29-17(21(33)25)5-4-16-19(11-34)37-24(30-16)31-23(35)18-8-15(36-3)10-32(18)9-14-6-7-28-22(27)20(14)26/h4-8,10,12-13,34H,9,11H2,1-3H3,(H,30,31,35)/b5-4+. The highest BCUT2D eigenvalue weighted by atomic mass is 35.5. The van der Waals surface area contributed by atoms with Crippen molar-refractivity contribution in [2.24, 2.45) is 0 Å². The SMILES string of the molecule is COc1cc(C(=O)Nc2nc(/C=C/c3ncn(C(C)C)c3Cl)c(CO)s2)n(Cc2ccnc(F)c2F)c1. The van der Waals surface area contributed by atoms with Gasteiger partial charge in [-0.15, -0.1) is 0 Å². The summed E-state index contributed by atoms with van der Waals surface area (Å²) in [6.07, 6.45) is 7.63. The molecule has 4 rings (SSSR count). The number of nitrogens with zero attached hydrogens (tertiary/aromatic N) is 5. The fraction of sp³-hybridized carbons (Fsp3) is 0.250. The van der Waals surface area contributed by atoms with Crippen molar-refractivity contribution in [3.8, 4) is 5.75 Å². The van der Waals surface area contributed by atoms with Crippen LogP contribution >= 0.6 is 22.9 Å². The second kappa shape index (κ2) is 11.2. The monoisotopic (exact) mass is 548 g/mol. The first-order valence-corrected chi connectivity index (χ1v) is 12.3. The molecule has 0 saturated heterocycles. The van der Waals surface area contributed by atoms with Crippen molar-refractivity contribution in [1.29, 1.82) is 0 Å². The number of aromatic nitrogens is 5. The van der Waals surface area contributed by atoms with Gasteiger partial charge >= 0.3 is 0 Å². The van der Waals surface area contributed by atoms with E-state index in [2.05, 4.69) is 20.3 Å². The smallest absolute Gasteiger partial charge is 0.274 e. The Morgan fingerprint density at radius 2 is 2.05 bits per heavy atom. The van der Waals surface area contributed by atoms with Crippen molar-refractivity contribution in [3.63, 3.8) is 0 Å². The summed E-state index contributed by atoms with van der Waals surface area (Å²) < 4.78 is 36.2. The molecule has 0 unspecified atom stereocenters. The molecule has 13 heteroatoms. The number of hydrogen-bond donors (Lipinski definition) is 2. The molecule has 0 aliphatic carbocycles. The average molecular weight is 549 g/mol. The van der Waals surface area contributed by atoms with Gasteiger partial charge in [-0.05, 0) is 32.1 Å². The zero-order valence-electron chi connectivity index (χ0n) is 20.1. The van der Waals surface area contributed by atoms with Crippen molar-refractivity contribution >= 4 is 46.1 Å². The topological polar surface area (TPSA) is 107 Å². The van der Waals surface area contributed by atoms with Gasteiger partial charge in [0.1, 0.15) is 22.3 Å². The van der Waals surface area contributed by atoms with Crippen LogP contribution in [-0.4, -0.2) is 42.2 Å². The molecule has 0 fully saturated rings. The third-order valence-electron chi connectivity index (χ3n) is 5.41. The average Bonchev–Trinajstić information content (AvgIpc) is 3.57. The molecule has 0 spiro atoms. The molecule has 0 saturated carbocycles. The summed E-state index contributed by atoms with van der Waals surface area (Å²) in [6, 6.07) is 2.94. The number of amides is 1. The van der Waals surface area contributed by atoms with E-state index in [-0.39, 0.29) is 35.6 Å². The van der Waals surface area contributed by atoms with E-state index in [9.17, 15) is 18.7 Å². The van der Waals surface area contributed by atoms with Gasteiger partial charge in [-0.1, -0.05) is 22.9 Å². The molecule has 9 nitrogen and oxygen atoms in total. The summed E-state index contributed by atoms with van der Waals surface area (Å²) in [4.78, 5) is 25.6. The lowest BCUT2D eigenvalue weighted by atomic mass is 10.2. The van der Waals surface area contributed by atoms with Crippen molar-refractivity contribution in [1.82, 2.24) is 24.1 Å². The van der Waals surface area contributed by atoms with Gasteiger partial charge in [0.15, 0.2) is 10.9 Å². The van der Waals surface area contributed by atoms with Gasteiger partial charge < -0.3 is 19.0 Å². The molecular weight excluding hydrogens is 526 g/mol. The summed E-state index contributed by atoms with van der Waals surface area (Å²) in [7, 11) is 1.43. The first kappa shape index (κ1) is 26.5. The number of hydrogen-bond acceptors (Lipinski definition) is 7. The lowest BCUT2D eigenvalue weighted by molar-refractivity contribution is 0.101. The van der Waals surface area contributed by atoms with Crippen LogP contribution in [0.15, 0.2) is 30.9 Å². The highest BCUT2D eigenvalue weighted by Crippen LogP contribution is 2.28. The molecule has 4 aromatic heterocycles. The number of aliphatic hydroxyl groups is 1. The Hall–Kier alpha value is -3.61. The second-order valence-corrected chi connectivity index (χ2v) is 9.60. The maximum absolute atomic E-state index is 14.2. The number of anilines is 1. The van der Waals surface area contributed by atoms with Gasteiger partial charge in [0.2, 0.25) is 5.95 Å². The van der Waals surface area contributed by atoms with E-state index in [1.165, 1.54) is 30.0 Å². The van der Waals surface area contributed by atoms with Gasteiger partial charge in [-0.3, -0.25) is 10.1 Å². The predicted molar refractivity (Wildman–Crippen MR) is 137 cm³/mol.